The summed E-state index contributed by atoms with van der Waals surface area (Å²) >= 11 is 9.15. The van der Waals surface area contributed by atoms with Gasteiger partial charge in [-0.15, -0.1) is 11.3 Å². The number of hydrogen-bond donors (Lipinski definition) is 0. The first kappa shape index (κ1) is 12.9. The molecule has 0 radical (unpaired) electrons. The highest BCUT2D eigenvalue weighted by molar-refractivity contribution is 9.11. The van der Waals surface area contributed by atoms with E-state index in [2.05, 4.69) is 62.2 Å². The molecule has 3 heteroatoms. The molecule has 1 unspecified atom stereocenters. The molecule has 18 heavy (non-hydrogen) atoms. The summed E-state index contributed by atoms with van der Waals surface area (Å²) in [5.41, 5.74) is 4.49. The third-order valence-electron chi connectivity index (χ3n) is 3.51. The molecule has 0 spiro atoms. The van der Waals surface area contributed by atoms with Crippen LogP contribution < -0.4 is 0 Å². The highest BCUT2D eigenvalue weighted by Gasteiger charge is 2.15. The van der Waals surface area contributed by atoms with Gasteiger partial charge >= 0.3 is 0 Å². The Labute approximate surface area is 129 Å². The van der Waals surface area contributed by atoms with Crippen LogP contribution in [0.4, 0.5) is 0 Å². The molecule has 1 heterocycles. The topological polar surface area (TPSA) is 0 Å². The Bertz CT molecular complexity index is 559. The maximum atomic E-state index is 3.82. The zero-order valence-corrected chi connectivity index (χ0v) is 13.9. The lowest BCUT2D eigenvalue weighted by atomic mass is 9.90. The number of aryl methyl sites for hydroxylation is 2. The van der Waals surface area contributed by atoms with Crippen molar-refractivity contribution < 1.29 is 0 Å². The predicted octanol–water partition coefficient (Wildman–Crippen LogP) is 5.87. The van der Waals surface area contributed by atoms with Crippen LogP contribution in [0.1, 0.15) is 39.2 Å². The first-order valence-corrected chi connectivity index (χ1v) is 8.77. The van der Waals surface area contributed by atoms with Crippen LogP contribution >= 0.6 is 43.2 Å². The van der Waals surface area contributed by atoms with E-state index in [-0.39, 0.29) is 0 Å². The highest BCUT2D eigenvalue weighted by atomic mass is 79.9. The molecule has 2 aromatic rings. The van der Waals surface area contributed by atoms with Crippen molar-refractivity contribution in [1.29, 1.82) is 0 Å². The second-order valence-electron chi connectivity index (χ2n) is 4.74. The van der Waals surface area contributed by atoms with Gasteiger partial charge in [-0.3, -0.25) is 0 Å². The van der Waals surface area contributed by atoms with Gasteiger partial charge in [-0.1, -0.05) is 34.1 Å². The fourth-order valence-corrected chi connectivity index (χ4v) is 4.69. The zero-order valence-electron chi connectivity index (χ0n) is 9.96. The van der Waals surface area contributed by atoms with E-state index in [0.717, 1.165) is 0 Å². The van der Waals surface area contributed by atoms with Crippen molar-refractivity contribution in [2.45, 2.75) is 30.5 Å². The van der Waals surface area contributed by atoms with E-state index in [4.69, 9.17) is 0 Å². The van der Waals surface area contributed by atoms with Crippen molar-refractivity contribution in [3.63, 3.8) is 0 Å². The van der Waals surface area contributed by atoms with Gasteiger partial charge in [-0.25, -0.2) is 0 Å². The van der Waals surface area contributed by atoms with E-state index >= 15 is 0 Å². The molecule has 0 nitrogen and oxygen atoms in total. The number of fused-ring (bicyclic) bond motifs is 1. The number of rotatable bonds is 2. The summed E-state index contributed by atoms with van der Waals surface area (Å²) in [5, 5.41) is 0. The summed E-state index contributed by atoms with van der Waals surface area (Å²) in [6.07, 6.45) is 5.19. The van der Waals surface area contributed by atoms with Gasteiger partial charge in [0.25, 0.3) is 0 Å². The molecule has 1 aliphatic rings. The molecule has 0 saturated heterocycles. The van der Waals surface area contributed by atoms with Crippen LogP contribution in [0.5, 0.6) is 0 Å². The first-order chi connectivity index (χ1) is 8.74. The Hall–Kier alpha value is -0.120. The number of halogens is 2. The molecule has 1 aromatic carbocycles. The number of benzene rings is 1. The summed E-state index contributed by atoms with van der Waals surface area (Å²) in [4.78, 5) is 1.68. The summed E-state index contributed by atoms with van der Waals surface area (Å²) < 4.78 is 1.19. The molecule has 0 fully saturated rings. The predicted molar refractivity (Wildman–Crippen MR) is 85.9 cm³/mol. The largest absolute Gasteiger partial charge is 0.132 e. The fourth-order valence-electron chi connectivity index (χ4n) is 2.54. The normalized spacial score (nSPS) is 16.3. The minimum Gasteiger partial charge on any atom is -0.132 e. The lowest BCUT2D eigenvalue weighted by molar-refractivity contribution is 0.684. The Morgan fingerprint density at radius 1 is 1.00 bits per heavy atom. The van der Waals surface area contributed by atoms with Crippen LogP contribution in [0, 0.1) is 0 Å². The standard InChI is InChI=1S/C15H14Br2S/c16-14-8-7-13(18-14)15(17)12-6-5-10-3-1-2-4-11(10)9-12/h5-9,15H,1-4H2. The number of alkyl halides is 1. The molecular weight excluding hydrogens is 372 g/mol. The molecule has 0 amide bonds. The summed E-state index contributed by atoms with van der Waals surface area (Å²) in [6.45, 7) is 0. The van der Waals surface area contributed by atoms with Gasteiger partial charge in [0.2, 0.25) is 0 Å². The van der Waals surface area contributed by atoms with Gasteiger partial charge in [0.15, 0.2) is 0 Å². The summed E-state index contributed by atoms with van der Waals surface area (Å²) in [6, 6.07) is 11.3. The van der Waals surface area contributed by atoms with Gasteiger partial charge in [0.1, 0.15) is 0 Å². The van der Waals surface area contributed by atoms with E-state index < -0.39 is 0 Å². The van der Waals surface area contributed by atoms with Crippen molar-refractivity contribution in [3.8, 4) is 0 Å². The maximum absolute atomic E-state index is 3.82. The number of hydrogen-bond acceptors (Lipinski definition) is 1. The van der Waals surface area contributed by atoms with Crippen LogP contribution in [0.25, 0.3) is 0 Å². The van der Waals surface area contributed by atoms with Gasteiger partial charge in [0.05, 0.1) is 8.61 Å². The fraction of sp³-hybridized carbons (Fsp3) is 0.333. The third kappa shape index (κ3) is 2.59. The zero-order chi connectivity index (χ0) is 12.5. The van der Waals surface area contributed by atoms with Crippen LogP contribution in [-0.4, -0.2) is 0 Å². The molecule has 0 N–H and O–H groups in total. The van der Waals surface area contributed by atoms with Crippen molar-refractivity contribution in [2.75, 3.05) is 0 Å². The smallest absolute Gasteiger partial charge is 0.0738 e. The number of thiophene rings is 1. The van der Waals surface area contributed by atoms with Crippen LogP contribution in [-0.2, 0) is 12.8 Å². The second-order valence-corrected chi connectivity index (χ2v) is 8.15. The lowest BCUT2D eigenvalue weighted by Gasteiger charge is -2.18. The van der Waals surface area contributed by atoms with Gasteiger partial charge in [-0.05, 0) is 70.4 Å². The van der Waals surface area contributed by atoms with Gasteiger partial charge < -0.3 is 0 Å². The van der Waals surface area contributed by atoms with Gasteiger partial charge in [0, 0.05) is 4.88 Å². The molecule has 3 rings (SSSR count). The Balaban J connectivity index is 1.92. The molecule has 0 aliphatic heterocycles. The SMILES string of the molecule is Brc1ccc(C(Br)c2ccc3c(c2)CCCC3)s1. The van der Waals surface area contributed by atoms with Crippen LogP contribution in [0.3, 0.4) is 0 Å². The molecule has 1 atom stereocenters. The lowest BCUT2D eigenvalue weighted by Crippen LogP contribution is -2.03. The average molecular weight is 386 g/mol. The van der Waals surface area contributed by atoms with E-state index in [1.54, 1.807) is 22.5 Å². The van der Waals surface area contributed by atoms with E-state index in [1.165, 1.54) is 39.9 Å². The average Bonchev–Trinajstić information content (AvgIpc) is 2.84. The van der Waals surface area contributed by atoms with Crippen LogP contribution in [0.2, 0.25) is 0 Å². The first-order valence-electron chi connectivity index (χ1n) is 6.25. The minimum absolute atomic E-state index is 0.320. The molecular formula is C15H14Br2S. The molecule has 1 aromatic heterocycles. The van der Waals surface area contributed by atoms with Crippen molar-refractivity contribution in [2.24, 2.45) is 0 Å². The van der Waals surface area contributed by atoms with E-state index in [9.17, 15) is 0 Å². The van der Waals surface area contributed by atoms with Gasteiger partial charge in [-0.2, -0.15) is 0 Å². The van der Waals surface area contributed by atoms with Crippen LogP contribution in [0.15, 0.2) is 34.1 Å². The second kappa shape index (κ2) is 5.48. The molecule has 0 bridgehead atoms. The summed E-state index contributed by atoms with van der Waals surface area (Å²) in [7, 11) is 0. The third-order valence-corrected chi connectivity index (χ3v) is 6.52. The van der Waals surface area contributed by atoms with Crippen molar-refractivity contribution >= 4 is 43.2 Å². The quantitative estimate of drug-likeness (QED) is 0.566. The summed E-state index contributed by atoms with van der Waals surface area (Å²) in [5.74, 6) is 0. The molecule has 0 saturated carbocycles. The minimum atomic E-state index is 0.320. The Morgan fingerprint density at radius 3 is 2.50 bits per heavy atom. The molecule has 94 valence electrons. The van der Waals surface area contributed by atoms with Crippen molar-refractivity contribution in [3.05, 3.63) is 55.7 Å². The monoisotopic (exact) mass is 384 g/mol. The van der Waals surface area contributed by atoms with E-state index in [0.29, 0.717) is 4.83 Å². The van der Waals surface area contributed by atoms with Crippen molar-refractivity contribution in [1.82, 2.24) is 0 Å². The molecule has 1 aliphatic carbocycles. The Kier molecular flexibility index (Phi) is 3.92. The Morgan fingerprint density at radius 2 is 1.78 bits per heavy atom. The maximum Gasteiger partial charge on any atom is 0.0738 e. The highest BCUT2D eigenvalue weighted by Crippen LogP contribution is 2.38. The van der Waals surface area contributed by atoms with E-state index in [1.807, 2.05) is 0 Å².